The Kier molecular flexibility index (Phi) is 1.64. The van der Waals surface area contributed by atoms with E-state index in [-0.39, 0.29) is 0 Å². The molecular formula is C6H9P. The maximum absolute atomic E-state index is 2.72. The first kappa shape index (κ1) is 5.05. The minimum atomic E-state index is 1.22. The molecule has 1 heteroatoms. The molecule has 0 radical (unpaired) electrons. The summed E-state index contributed by atoms with van der Waals surface area (Å²) in [5.41, 5.74) is 0. The molecule has 1 aliphatic rings. The first-order valence-corrected chi connectivity index (χ1v) is 3.08. The van der Waals surface area contributed by atoms with E-state index in [4.69, 9.17) is 0 Å². The van der Waals surface area contributed by atoms with E-state index in [0.717, 1.165) is 0 Å². The van der Waals surface area contributed by atoms with Crippen molar-refractivity contribution in [1.82, 2.24) is 0 Å². The molecule has 0 aromatic rings. The summed E-state index contributed by atoms with van der Waals surface area (Å²) in [6, 6.07) is 0. The zero-order valence-corrected chi connectivity index (χ0v) is 5.38. The fraction of sp³-hybridized carbons (Fsp3) is 0.333. The highest BCUT2D eigenvalue weighted by atomic mass is 31.0. The van der Waals surface area contributed by atoms with Crippen LogP contribution in [0, 0.1) is 0 Å². The molecule has 0 N–H and O–H groups in total. The first-order valence-electron chi connectivity index (χ1n) is 2.51. The van der Waals surface area contributed by atoms with Gasteiger partial charge in [0, 0.05) is 0 Å². The molecule has 0 saturated carbocycles. The highest BCUT2D eigenvalue weighted by Crippen LogP contribution is 2.16. The van der Waals surface area contributed by atoms with E-state index in [1.54, 1.807) is 0 Å². The monoisotopic (exact) mass is 112 g/mol. The van der Waals surface area contributed by atoms with Crippen LogP contribution < -0.4 is 0 Å². The van der Waals surface area contributed by atoms with E-state index in [1.165, 1.54) is 18.2 Å². The Morgan fingerprint density at radius 2 is 2.43 bits per heavy atom. The predicted molar refractivity (Wildman–Crippen MR) is 36.2 cm³/mol. The van der Waals surface area contributed by atoms with E-state index < -0.39 is 0 Å². The van der Waals surface area contributed by atoms with E-state index in [9.17, 15) is 0 Å². The molecule has 0 aromatic carbocycles. The lowest BCUT2D eigenvalue weighted by atomic mass is 10.2. The summed E-state index contributed by atoms with van der Waals surface area (Å²) >= 11 is 0. The number of hydrogen-bond donors (Lipinski definition) is 0. The minimum absolute atomic E-state index is 1.22. The lowest BCUT2D eigenvalue weighted by molar-refractivity contribution is 1.02. The van der Waals surface area contributed by atoms with Gasteiger partial charge in [0.25, 0.3) is 0 Å². The third-order valence-electron chi connectivity index (χ3n) is 1.05. The second-order valence-corrected chi connectivity index (χ2v) is 2.45. The molecule has 0 aromatic heterocycles. The maximum Gasteiger partial charge on any atom is -0.0245 e. The standard InChI is InChI=1S/C6H9P/c7-6-4-2-1-3-5-6/h1-2,4H,3,5,7H2. The number of hydrogen-bond acceptors (Lipinski definition) is 0. The van der Waals surface area contributed by atoms with Gasteiger partial charge in [-0.15, -0.1) is 9.24 Å². The Labute approximate surface area is 46.5 Å². The summed E-state index contributed by atoms with van der Waals surface area (Å²) in [5, 5.41) is 1.42. The van der Waals surface area contributed by atoms with E-state index in [0.29, 0.717) is 0 Å². The van der Waals surface area contributed by atoms with Crippen LogP contribution in [-0.4, -0.2) is 0 Å². The number of rotatable bonds is 0. The normalized spacial score (nSPS) is 19.3. The smallest absolute Gasteiger partial charge is 0.0245 e. The van der Waals surface area contributed by atoms with Crippen molar-refractivity contribution in [2.24, 2.45) is 0 Å². The highest BCUT2D eigenvalue weighted by molar-refractivity contribution is 7.22. The van der Waals surface area contributed by atoms with Crippen LogP contribution in [-0.2, 0) is 0 Å². The van der Waals surface area contributed by atoms with Crippen molar-refractivity contribution < 1.29 is 0 Å². The second kappa shape index (κ2) is 2.28. The van der Waals surface area contributed by atoms with Gasteiger partial charge in [-0.2, -0.15) is 0 Å². The molecule has 7 heavy (non-hydrogen) atoms. The Hall–Kier alpha value is -0.0900. The van der Waals surface area contributed by atoms with Crippen molar-refractivity contribution in [3.63, 3.8) is 0 Å². The topological polar surface area (TPSA) is 0 Å². The lowest BCUT2D eigenvalue weighted by Gasteiger charge is -1.98. The molecule has 1 rings (SSSR count). The van der Waals surface area contributed by atoms with Crippen molar-refractivity contribution in [2.75, 3.05) is 0 Å². The molecule has 0 bridgehead atoms. The summed E-state index contributed by atoms with van der Waals surface area (Å²) < 4.78 is 0. The SMILES string of the molecule is PC1=CC=CCC1. The van der Waals surface area contributed by atoms with Gasteiger partial charge in [0.15, 0.2) is 0 Å². The average Bonchev–Trinajstić information content (AvgIpc) is 1.69. The lowest BCUT2D eigenvalue weighted by Crippen LogP contribution is -1.74. The van der Waals surface area contributed by atoms with Gasteiger partial charge in [-0.3, -0.25) is 0 Å². The van der Waals surface area contributed by atoms with Crippen LogP contribution in [0.25, 0.3) is 0 Å². The van der Waals surface area contributed by atoms with Crippen molar-refractivity contribution in [1.29, 1.82) is 0 Å². The Morgan fingerprint density at radius 3 is 2.71 bits per heavy atom. The summed E-state index contributed by atoms with van der Waals surface area (Å²) in [5.74, 6) is 0. The summed E-state index contributed by atoms with van der Waals surface area (Å²) in [6.07, 6.45) is 8.87. The van der Waals surface area contributed by atoms with Gasteiger partial charge in [-0.25, -0.2) is 0 Å². The molecular weight excluding hydrogens is 103 g/mol. The van der Waals surface area contributed by atoms with Gasteiger partial charge in [-0.05, 0) is 12.8 Å². The second-order valence-electron chi connectivity index (χ2n) is 1.71. The summed E-state index contributed by atoms with van der Waals surface area (Å²) in [7, 11) is 2.72. The van der Waals surface area contributed by atoms with Crippen LogP contribution in [0.2, 0.25) is 0 Å². The predicted octanol–water partition coefficient (Wildman–Crippen LogP) is 2.10. The fourth-order valence-corrected chi connectivity index (χ4v) is 0.899. The van der Waals surface area contributed by atoms with Crippen molar-refractivity contribution in [3.05, 3.63) is 23.5 Å². The van der Waals surface area contributed by atoms with Gasteiger partial charge in [0.1, 0.15) is 0 Å². The molecule has 1 unspecified atom stereocenters. The molecule has 0 saturated heterocycles. The molecule has 0 nitrogen and oxygen atoms in total. The molecule has 0 amide bonds. The van der Waals surface area contributed by atoms with Crippen LogP contribution in [0.4, 0.5) is 0 Å². The molecule has 38 valence electrons. The fourth-order valence-electron chi connectivity index (χ4n) is 0.621. The Bertz CT molecular complexity index is 111. The zero-order valence-electron chi connectivity index (χ0n) is 4.22. The third kappa shape index (κ3) is 1.44. The summed E-state index contributed by atoms with van der Waals surface area (Å²) in [6.45, 7) is 0. The molecule has 1 atom stereocenters. The third-order valence-corrected chi connectivity index (χ3v) is 1.53. The van der Waals surface area contributed by atoms with Crippen LogP contribution in [0.5, 0.6) is 0 Å². The van der Waals surface area contributed by atoms with Gasteiger partial charge >= 0.3 is 0 Å². The molecule has 1 aliphatic carbocycles. The van der Waals surface area contributed by atoms with E-state index in [1.807, 2.05) is 0 Å². The van der Waals surface area contributed by atoms with Gasteiger partial charge in [-0.1, -0.05) is 23.5 Å². The Balaban J connectivity index is 2.57. The number of allylic oxidation sites excluding steroid dienone is 4. The molecule has 0 fully saturated rings. The van der Waals surface area contributed by atoms with E-state index in [2.05, 4.69) is 27.5 Å². The van der Waals surface area contributed by atoms with Crippen LogP contribution in [0.1, 0.15) is 12.8 Å². The van der Waals surface area contributed by atoms with Crippen molar-refractivity contribution in [3.8, 4) is 0 Å². The summed E-state index contributed by atoms with van der Waals surface area (Å²) in [4.78, 5) is 0. The van der Waals surface area contributed by atoms with Gasteiger partial charge < -0.3 is 0 Å². The maximum atomic E-state index is 2.72. The zero-order chi connectivity index (χ0) is 5.11. The molecule has 0 aliphatic heterocycles. The minimum Gasteiger partial charge on any atom is -0.110 e. The van der Waals surface area contributed by atoms with Crippen LogP contribution >= 0.6 is 9.24 Å². The van der Waals surface area contributed by atoms with Gasteiger partial charge in [0.05, 0.1) is 0 Å². The first-order chi connectivity index (χ1) is 3.39. The van der Waals surface area contributed by atoms with E-state index >= 15 is 0 Å². The van der Waals surface area contributed by atoms with Gasteiger partial charge in [0.2, 0.25) is 0 Å². The molecule has 0 spiro atoms. The average molecular weight is 112 g/mol. The molecule has 0 heterocycles. The Morgan fingerprint density at radius 1 is 1.57 bits per heavy atom. The largest absolute Gasteiger partial charge is 0.110 e. The van der Waals surface area contributed by atoms with Crippen LogP contribution in [0.15, 0.2) is 23.5 Å². The van der Waals surface area contributed by atoms with Crippen molar-refractivity contribution >= 4 is 9.24 Å². The van der Waals surface area contributed by atoms with Crippen molar-refractivity contribution in [2.45, 2.75) is 12.8 Å². The van der Waals surface area contributed by atoms with Crippen LogP contribution in [0.3, 0.4) is 0 Å². The highest BCUT2D eigenvalue weighted by Gasteiger charge is 1.88. The quantitative estimate of drug-likeness (QED) is 0.421.